The summed E-state index contributed by atoms with van der Waals surface area (Å²) in [6, 6.07) is 16.7. The van der Waals surface area contributed by atoms with Crippen LogP contribution in [0.2, 0.25) is 0 Å². The quantitative estimate of drug-likeness (QED) is 0.396. The second-order valence-electron chi connectivity index (χ2n) is 5.79. The maximum absolute atomic E-state index is 12.1. The summed E-state index contributed by atoms with van der Waals surface area (Å²) in [5.74, 6) is 1.02. The normalized spacial score (nSPS) is 11.8. The largest absolute Gasteiger partial charge is 0.497 e. The minimum Gasteiger partial charge on any atom is -0.497 e. The SMILES string of the molecule is COc1ccc(/C=C/C(=O)NC(C)C(=O)NCCSc2ccccc2)cc1. The Kier molecular flexibility index (Phi) is 8.45. The summed E-state index contributed by atoms with van der Waals surface area (Å²) in [5, 5.41) is 5.49. The van der Waals surface area contributed by atoms with Crippen molar-refractivity contribution in [2.45, 2.75) is 17.9 Å². The molecule has 2 amide bonds. The van der Waals surface area contributed by atoms with E-state index in [2.05, 4.69) is 10.6 Å². The Morgan fingerprint density at radius 2 is 1.81 bits per heavy atom. The van der Waals surface area contributed by atoms with Gasteiger partial charge in [0.2, 0.25) is 11.8 Å². The number of amides is 2. The lowest BCUT2D eigenvalue weighted by atomic mass is 10.2. The number of carbonyl (C=O) groups excluding carboxylic acids is 2. The first-order valence-corrected chi connectivity index (χ1v) is 9.65. The van der Waals surface area contributed by atoms with Crippen LogP contribution < -0.4 is 15.4 Å². The second-order valence-corrected chi connectivity index (χ2v) is 6.96. The van der Waals surface area contributed by atoms with E-state index in [9.17, 15) is 9.59 Å². The van der Waals surface area contributed by atoms with Gasteiger partial charge in [-0.05, 0) is 42.8 Å². The predicted molar refractivity (Wildman–Crippen MR) is 110 cm³/mol. The lowest BCUT2D eigenvalue weighted by Crippen LogP contribution is -2.44. The number of hydrogen-bond donors (Lipinski definition) is 2. The van der Waals surface area contributed by atoms with Crippen molar-refractivity contribution in [2.75, 3.05) is 19.4 Å². The fraction of sp³-hybridized carbons (Fsp3) is 0.238. The van der Waals surface area contributed by atoms with Crippen LogP contribution in [0.4, 0.5) is 0 Å². The number of nitrogens with one attached hydrogen (secondary N) is 2. The topological polar surface area (TPSA) is 67.4 Å². The highest BCUT2D eigenvalue weighted by atomic mass is 32.2. The fourth-order valence-electron chi connectivity index (χ4n) is 2.23. The molecule has 2 N–H and O–H groups in total. The summed E-state index contributed by atoms with van der Waals surface area (Å²) in [5.41, 5.74) is 0.876. The van der Waals surface area contributed by atoms with E-state index < -0.39 is 6.04 Å². The van der Waals surface area contributed by atoms with Gasteiger partial charge in [0.15, 0.2) is 0 Å². The number of ether oxygens (including phenoxy) is 1. The van der Waals surface area contributed by atoms with Crippen LogP contribution >= 0.6 is 11.8 Å². The van der Waals surface area contributed by atoms with Crippen LogP contribution in [0.1, 0.15) is 12.5 Å². The van der Waals surface area contributed by atoms with E-state index in [1.54, 1.807) is 31.9 Å². The molecule has 0 saturated heterocycles. The highest BCUT2D eigenvalue weighted by molar-refractivity contribution is 7.99. The molecule has 0 spiro atoms. The molecular formula is C21H24N2O3S. The minimum atomic E-state index is -0.597. The van der Waals surface area contributed by atoms with Gasteiger partial charge in [0, 0.05) is 23.3 Å². The number of hydrogen-bond acceptors (Lipinski definition) is 4. The molecule has 6 heteroatoms. The van der Waals surface area contributed by atoms with Crippen molar-refractivity contribution in [2.24, 2.45) is 0 Å². The Morgan fingerprint density at radius 3 is 2.48 bits per heavy atom. The summed E-state index contributed by atoms with van der Waals surface area (Å²) in [6.07, 6.45) is 3.10. The van der Waals surface area contributed by atoms with Gasteiger partial charge in [-0.3, -0.25) is 9.59 Å². The standard InChI is InChI=1S/C21H24N2O3S/c1-16(21(25)22-14-15-27-19-6-4-3-5-7-19)23-20(24)13-10-17-8-11-18(26-2)12-9-17/h3-13,16H,14-15H2,1-2H3,(H,22,25)(H,23,24)/b13-10+. The fourth-order valence-corrected chi connectivity index (χ4v) is 3.02. The van der Waals surface area contributed by atoms with Crippen molar-refractivity contribution in [1.29, 1.82) is 0 Å². The van der Waals surface area contributed by atoms with Crippen molar-refractivity contribution < 1.29 is 14.3 Å². The van der Waals surface area contributed by atoms with Gasteiger partial charge < -0.3 is 15.4 Å². The maximum Gasteiger partial charge on any atom is 0.244 e. The van der Waals surface area contributed by atoms with Gasteiger partial charge in [-0.1, -0.05) is 30.3 Å². The van der Waals surface area contributed by atoms with E-state index in [1.165, 1.54) is 6.08 Å². The number of methoxy groups -OCH3 is 1. The van der Waals surface area contributed by atoms with Crippen molar-refractivity contribution in [3.63, 3.8) is 0 Å². The molecule has 0 fully saturated rings. The first-order valence-electron chi connectivity index (χ1n) is 8.66. The Morgan fingerprint density at radius 1 is 1.11 bits per heavy atom. The molecule has 0 heterocycles. The van der Waals surface area contributed by atoms with Crippen molar-refractivity contribution in [3.05, 3.63) is 66.2 Å². The predicted octanol–water partition coefficient (Wildman–Crippen LogP) is 3.12. The number of carbonyl (C=O) groups is 2. The molecule has 142 valence electrons. The Hall–Kier alpha value is -2.73. The van der Waals surface area contributed by atoms with Crippen molar-refractivity contribution in [3.8, 4) is 5.75 Å². The van der Waals surface area contributed by atoms with Crippen LogP contribution in [0, 0.1) is 0 Å². The zero-order valence-corrected chi connectivity index (χ0v) is 16.3. The third kappa shape index (κ3) is 7.58. The zero-order valence-electron chi connectivity index (χ0n) is 15.5. The average molecular weight is 385 g/mol. The van der Waals surface area contributed by atoms with Crippen LogP contribution in [0.3, 0.4) is 0 Å². The van der Waals surface area contributed by atoms with Crippen molar-refractivity contribution >= 4 is 29.7 Å². The first kappa shape index (κ1) is 20.6. The van der Waals surface area contributed by atoms with Gasteiger partial charge in [-0.15, -0.1) is 11.8 Å². The van der Waals surface area contributed by atoms with Gasteiger partial charge in [-0.25, -0.2) is 0 Å². The summed E-state index contributed by atoms with van der Waals surface area (Å²) >= 11 is 1.67. The molecule has 1 atom stereocenters. The molecule has 0 aliphatic rings. The van der Waals surface area contributed by atoms with E-state index in [4.69, 9.17) is 4.74 Å². The van der Waals surface area contributed by atoms with E-state index in [0.717, 1.165) is 22.0 Å². The summed E-state index contributed by atoms with van der Waals surface area (Å²) in [4.78, 5) is 25.2. The first-order chi connectivity index (χ1) is 13.1. The van der Waals surface area contributed by atoms with Gasteiger partial charge in [-0.2, -0.15) is 0 Å². The molecule has 0 aromatic heterocycles. The van der Waals surface area contributed by atoms with Crippen LogP contribution in [-0.2, 0) is 9.59 Å². The van der Waals surface area contributed by atoms with Gasteiger partial charge >= 0.3 is 0 Å². The lowest BCUT2D eigenvalue weighted by molar-refractivity contribution is -0.126. The number of benzene rings is 2. The highest BCUT2D eigenvalue weighted by Crippen LogP contribution is 2.15. The molecule has 0 aliphatic carbocycles. The third-order valence-corrected chi connectivity index (χ3v) is 4.72. The molecule has 5 nitrogen and oxygen atoms in total. The molecule has 2 aromatic carbocycles. The zero-order chi connectivity index (χ0) is 19.5. The molecule has 2 rings (SSSR count). The monoisotopic (exact) mass is 384 g/mol. The summed E-state index contributed by atoms with van der Waals surface area (Å²) in [6.45, 7) is 2.21. The van der Waals surface area contributed by atoms with Gasteiger partial charge in [0.25, 0.3) is 0 Å². The smallest absolute Gasteiger partial charge is 0.244 e. The van der Waals surface area contributed by atoms with Crippen LogP contribution in [0.5, 0.6) is 5.75 Å². The number of thioether (sulfide) groups is 1. The molecule has 0 saturated carbocycles. The minimum absolute atomic E-state index is 0.199. The van der Waals surface area contributed by atoms with Crippen LogP contribution in [-0.4, -0.2) is 37.3 Å². The Bertz CT molecular complexity index is 761. The molecule has 0 radical (unpaired) electrons. The van der Waals surface area contributed by atoms with Gasteiger partial charge in [0.1, 0.15) is 11.8 Å². The van der Waals surface area contributed by atoms with E-state index >= 15 is 0 Å². The second kappa shape index (κ2) is 11.1. The Labute approximate surface area is 164 Å². The maximum atomic E-state index is 12.1. The van der Waals surface area contributed by atoms with Crippen LogP contribution in [0.25, 0.3) is 6.08 Å². The lowest BCUT2D eigenvalue weighted by Gasteiger charge is -2.12. The third-order valence-electron chi connectivity index (χ3n) is 3.71. The molecule has 0 aliphatic heterocycles. The van der Waals surface area contributed by atoms with E-state index in [-0.39, 0.29) is 11.8 Å². The Balaban J connectivity index is 1.69. The van der Waals surface area contributed by atoms with E-state index in [1.807, 2.05) is 54.6 Å². The molecule has 1 unspecified atom stereocenters. The summed E-state index contributed by atoms with van der Waals surface area (Å²) < 4.78 is 5.09. The average Bonchev–Trinajstić information content (AvgIpc) is 2.70. The van der Waals surface area contributed by atoms with Crippen LogP contribution in [0.15, 0.2) is 65.6 Å². The summed E-state index contributed by atoms with van der Waals surface area (Å²) in [7, 11) is 1.60. The molecule has 0 bridgehead atoms. The molecular weight excluding hydrogens is 360 g/mol. The van der Waals surface area contributed by atoms with E-state index in [0.29, 0.717) is 6.54 Å². The van der Waals surface area contributed by atoms with Crippen molar-refractivity contribution in [1.82, 2.24) is 10.6 Å². The number of rotatable bonds is 9. The molecule has 27 heavy (non-hydrogen) atoms. The van der Waals surface area contributed by atoms with Gasteiger partial charge in [0.05, 0.1) is 7.11 Å². The molecule has 2 aromatic rings. The highest BCUT2D eigenvalue weighted by Gasteiger charge is 2.13.